The third kappa shape index (κ3) is 5.99. The van der Waals surface area contributed by atoms with Gasteiger partial charge in [-0.1, -0.05) is 65.5 Å². The summed E-state index contributed by atoms with van der Waals surface area (Å²) in [5.74, 6) is 4.28. The summed E-state index contributed by atoms with van der Waals surface area (Å²) < 4.78 is 0. The van der Waals surface area contributed by atoms with Crippen LogP contribution in [0.25, 0.3) is 0 Å². The molecule has 0 bridgehead atoms. The summed E-state index contributed by atoms with van der Waals surface area (Å²) in [5.41, 5.74) is 7.37. The summed E-state index contributed by atoms with van der Waals surface area (Å²) in [6.45, 7) is 12.1. The highest BCUT2D eigenvalue weighted by atomic mass is 16.4. The normalized spacial score (nSPS) is 39.9. The third-order valence-electron chi connectivity index (χ3n) is 10.8. The van der Waals surface area contributed by atoms with Crippen LogP contribution in [0.5, 0.6) is 0 Å². The Balaban J connectivity index is 0.000000429. The van der Waals surface area contributed by atoms with Gasteiger partial charge in [0.25, 0.3) is 0 Å². The molecule has 4 rings (SSSR count). The average Bonchev–Trinajstić information content (AvgIpc) is 3.16. The molecule has 3 saturated carbocycles. The molecule has 0 aromatic heterocycles. The fourth-order valence-electron chi connectivity index (χ4n) is 8.74. The van der Waals surface area contributed by atoms with Gasteiger partial charge in [-0.25, -0.2) is 0 Å². The monoisotopic (exact) mass is 491 g/mol. The third-order valence-corrected chi connectivity index (χ3v) is 10.8. The molecule has 0 spiro atoms. The molecular formula is C30H53NO4. The Kier molecular flexibility index (Phi) is 9.54. The Morgan fingerprint density at radius 1 is 1.09 bits per heavy atom. The van der Waals surface area contributed by atoms with E-state index in [0.717, 1.165) is 48.3 Å². The molecular weight excluding hydrogens is 438 g/mol. The Labute approximate surface area is 213 Å². The van der Waals surface area contributed by atoms with Crippen LogP contribution in [-0.4, -0.2) is 40.0 Å². The van der Waals surface area contributed by atoms with Gasteiger partial charge in [-0.3, -0.25) is 4.79 Å². The fourth-order valence-corrected chi connectivity index (χ4v) is 8.74. The Bertz CT molecular complexity index is 751. The van der Waals surface area contributed by atoms with E-state index >= 15 is 0 Å². The lowest BCUT2D eigenvalue weighted by Gasteiger charge is -2.58. The quantitative estimate of drug-likeness (QED) is 0.338. The van der Waals surface area contributed by atoms with Crippen molar-refractivity contribution in [1.82, 2.24) is 0 Å². The van der Waals surface area contributed by atoms with Crippen molar-refractivity contribution in [1.29, 1.82) is 0 Å². The lowest BCUT2D eigenvalue weighted by molar-refractivity contribution is -0.139. The first-order chi connectivity index (χ1) is 16.4. The van der Waals surface area contributed by atoms with E-state index in [1.807, 2.05) is 0 Å². The molecule has 0 amide bonds. The van der Waals surface area contributed by atoms with Crippen LogP contribution in [0.1, 0.15) is 105 Å². The minimum atomic E-state index is -1.18. The van der Waals surface area contributed by atoms with Crippen LogP contribution in [0.3, 0.4) is 0 Å². The number of allylic oxidation sites excluding steroid dienone is 1. The number of aliphatic hydroxyl groups excluding tert-OH is 2. The molecule has 0 saturated heterocycles. The van der Waals surface area contributed by atoms with Gasteiger partial charge in [0.15, 0.2) is 0 Å². The highest BCUT2D eigenvalue weighted by Gasteiger charge is 2.59. The van der Waals surface area contributed by atoms with Crippen LogP contribution in [0, 0.1) is 46.3 Å². The number of aliphatic hydroxyl groups is 2. The molecule has 202 valence electrons. The molecule has 4 aliphatic rings. The molecule has 9 atom stereocenters. The smallest absolute Gasteiger partial charge is 0.322 e. The van der Waals surface area contributed by atoms with Crippen LogP contribution in [0.15, 0.2) is 11.6 Å². The summed E-state index contributed by atoms with van der Waals surface area (Å²) in [5, 5.41) is 26.1. The van der Waals surface area contributed by atoms with Gasteiger partial charge in [-0.15, -0.1) is 0 Å². The van der Waals surface area contributed by atoms with E-state index in [1.54, 1.807) is 5.57 Å². The second-order valence-electron chi connectivity index (χ2n) is 13.3. The predicted octanol–water partition coefficient (Wildman–Crippen LogP) is 5.78. The molecule has 0 aromatic rings. The van der Waals surface area contributed by atoms with Gasteiger partial charge in [0.1, 0.15) is 6.04 Å². The topological polar surface area (TPSA) is 104 Å². The van der Waals surface area contributed by atoms with Gasteiger partial charge in [-0.2, -0.15) is 0 Å². The van der Waals surface area contributed by atoms with Gasteiger partial charge >= 0.3 is 5.97 Å². The molecule has 1 unspecified atom stereocenters. The maximum Gasteiger partial charge on any atom is 0.322 e. The van der Waals surface area contributed by atoms with Crippen molar-refractivity contribution in [2.45, 2.75) is 117 Å². The minimum absolute atomic E-state index is 0.0766. The maximum atomic E-state index is 10.2. The van der Waals surface area contributed by atoms with Crippen LogP contribution in [0.4, 0.5) is 0 Å². The summed E-state index contributed by atoms with van der Waals surface area (Å²) in [4.78, 5) is 9.65. The van der Waals surface area contributed by atoms with Crippen LogP contribution in [-0.2, 0) is 4.79 Å². The molecule has 0 heterocycles. The molecule has 5 heteroatoms. The summed E-state index contributed by atoms with van der Waals surface area (Å²) in [6.07, 6.45) is 17.2. The second kappa shape index (κ2) is 11.6. The lowest BCUT2D eigenvalue weighted by atomic mass is 9.47. The van der Waals surface area contributed by atoms with E-state index < -0.39 is 18.6 Å². The van der Waals surface area contributed by atoms with Crippen molar-refractivity contribution >= 4 is 5.97 Å². The minimum Gasteiger partial charge on any atom is -0.480 e. The number of aliphatic carboxylic acids is 1. The summed E-state index contributed by atoms with van der Waals surface area (Å²) in [6, 6.07) is -1.13. The Morgan fingerprint density at radius 2 is 1.80 bits per heavy atom. The van der Waals surface area contributed by atoms with Gasteiger partial charge in [0.2, 0.25) is 0 Å². The zero-order valence-electron chi connectivity index (χ0n) is 23.0. The lowest BCUT2D eigenvalue weighted by Crippen LogP contribution is -2.50. The highest BCUT2D eigenvalue weighted by Crippen LogP contribution is 2.67. The van der Waals surface area contributed by atoms with Gasteiger partial charge in [-0.05, 0) is 97.7 Å². The predicted molar refractivity (Wildman–Crippen MR) is 142 cm³/mol. The number of carbonyl (C=O) groups is 1. The van der Waals surface area contributed by atoms with E-state index in [1.165, 1.54) is 57.8 Å². The van der Waals surface area contributed by atoms with Crippen molar-refractivity contribution in [2.75, 3.05) is 6.61 Å². The molecule has 0 aromatic carbocycles. The number of rotatable bonds is 7. The van der Waals surface area contributed by atoms with Crippen molar-refractivity contribution in [3.05, 3.63) is 11.6 Å². The first-order valence-corrected chi connectivity index (χ1v) is 14.4. The summed E-state index contributed by atoms with van der Waals surface area (Å²) in [7, 11) is 0. The van der Waals surface area contributed by atoms with E-state index in [4.69, 9.17) is 15.9 Å². The summed E-state index contributed by atoms with van der Waals surface area (Å²) >= 11 is 0. The Hall–Kier alpha value is -0.910. The van der Waals surface area contributed by atoms with Crippen molar-refractivity contribution in [3.8, 4) is 0 Å². The first-order valence-electron chi connectivity index (χ1n) is 14.4. The Morgan fingerprint density at radius 3 is 2.40 bits per heavy atom. The molecule has 4 aliphatic carbocycles. The first kappa shape index (κ1) is 28.7. The van der Waals surface area contributed by atoms with Crippen LogP contribution >= 0.6 is 0 Å². The van der Waals surface area contributed by atoms with Crippen molar-refractivity contribution in [2.24, 2.45) is 52.1 Å². The fraction of sp³-hybridized carbons (Fsp3) is 0.900. The van der Waals surface area contributed by atoms with E-state index in [-0.39, 0.29) is 6.10 Å². The zero-order valence-corrected chi connectivity index (χ0v) is 23.0. The average molecular weight is 492 g/mol. The maximum absolute atomic E-state index is 10.2. The van der Waals surface area contributed by atoms with Crippen LogP contribution < -0.4 is 5.73 Å². The van der Waals surface area contributed by atoms with Crippen molar-refractivity contribution < 1.29 is 20.1 Å². The standard InChI is InChI=1S/C27H46O.C3H7NO3/c1-18(2)7-6-8-19(3)23-11-12-24-22-10-9-20-17-21(28)13-15-26(20,4)25(22)14-16-27(23,24)5;4-2(1-5)3(6)7/h9,18-19,21-25,28H,6-8,10-17H2,1-5H3;2,5H,1,4H2,(H,6,7)/t19-,21+,22+,23-,24+,25+,26+,27-;/m1./s1. The molecule has 5 N–H and O–H groups in total. The SMILES string of the molecule is CC(C)CCC[C@@H](C)[C@H]1CC[C@H]2[C@@H]3CC=C4C[C@@H](O)CC[C@]4(C)[C@H]3CC[C@]12C.NC(CO)C(=O)O. The number of fused-ring (bicyclic) bond motifs is 5. The van der Waals surface area contributed by atoms with Crippen molar-refractivity contribution in [3.63, 3.8) is 0 Å². The number of hydrogen-bond donors (Lipinski definition) is 4. The zero-order chi connectivity index (χ0) is 26.0. The second-order valence-corrected chi connectivity index (χ2v) is 13.3. The largest absolute Gasteiger partial charge is 0.480 e. The number of carboxylic acids is 1. The number of carboxylic acid groups (broad SMARTS) is 1. The van der Waals surface area contributed by atoms with E-state index in [9.17, 15) is 9.90 Å². The van der Waals surface area contributed by atoms with Gasteiger partial charge in [0.05, 0.1) is 12.7 Å². The van der Waals surface area contributed by atoms with Gasteiger partial charge < -0.3 is 21.1 Å². The molecule has 0 radical (unpaired) electrons. The molecule has 0 aliphatic heterocycles. The number of hydrogen-bond acceptors (Lipinski definition) is 4. The number of nitrogens with two attached hydrogens (primary N) is 1. The highest BCUT2D eigenvalue weighted by molar-refractivity contribution is 5.73. The molecule has 3 fully saturated rings. The molecule has 5 nitrogen and oxygen atoms in total. The van der Waals surface area contributed by atoms with E-state index in [2.05, 4.69) is 40.7 Å². The molecule has 35 heavy (non-hydrogen) atoms. The van der Waals surface area contributed by atoms with Crippen LogP contribution in [0.2, 0.25) is 0 Å². The van der Waals surface area contributed by atoms with E-state index in [0.29, 0.717) is 10.8 Å². The van der Waals surface area contributed by atoms with Gasteiger partial charge in [0, 0.05) is 0 Å².